The Kier molecular flexibility index (Phi) is 6.01. The molecule has 3 heterocycles. The Morgan fingerprint density at radius 2 is 1.84 bits per heavy atom. The number of aryl methyl sites for hydroxylation is 1. The zero-order chi connectivity index (χ0) is 22.0. The molecule has 166 valence electrons. The van der Waals surface area contributed by atoms with Gasteiger partial charge in [-0.15, -0.1) is 0 Å². The third-order valence-electron chi connectivity index (χ3n) is 5.64. The molecule has 1 N–H and O–H groups in total. The quantitative estimate of drug-likeness (QED) is 0.733. The number of nitrogens with one attached hydrogen (secondary N) is 1. The molecule has 4 rings (SSSR count). The minimum Gasteiger partial charge on any atom is -0.486 e. The molecule has 1 aromatic carbocycles. The number of fused-ring (bicyclic) bond motifs is 1. The molecule has 1 fully saturated rings. The van der Waals surface area contributed by atoms with Crippen LogP contribution in [-0.4, -0.2) is 56.6 Å². The summed E-state index contributed by atoms with van der Waals surface area (Å²) in [4.78, 5) is 26.6. The van der Waals surface area contributed by atoms with Gasteiger partial charge in [-0.3, -0.25) is 9.59 Å². The number of piperidine rings is 1. The van der Waals surface area contributed by atoms with E-state index in [1.165, 1.54) is 22.8 Å². The number of sulfonamides is 1. The van der Waals surface area contributed by atoms with E-state index in [0.29, 0.717) is 50.6 Å². The highest BCUT2D eigenvalue weighted by Crippen LogP contribution is 2.32. The highest BCUT2D eigenvalue weighted by Gasteiger charge is 2.27. The van der Waals surface area contributed by atoms with Crippen LogP contribution in [0.3, 0.4) is 0 Å². The number of hydrogen-bond donors (Lipinski definition) is 1. The summed E-state index contributed by atoms with van der Waals surface area (Å²) in [6.45, 7) is 2.07. The number of ether oxygens (including phenoxy) is 2. The average Bonchev–Trinajstić information content (AvgIpc) is 2.79. The van der Waals surface area contributed by atoms with Gasteiger partial charge in [0.2, 0.25) is 10.0 Å². The monoisotopic (exact) mass is 447 g/mol. The topological polar surface area (TPSA) is 107 Å². The van der Waals surface area contributed by atoms with E-state index in [9.17, 15) is 18.0 Å². The summed E-state index contributed by atoms with van der Waals surface area (Å²) in [7, 11) is -2.08. The lowest BCUT2D eigenvalue weighted by atomic mass is 9.97. The van der Waals surface area contributed by atoms with Gasteiger partial charge in [0.1, 0.15) is 18.8 Å². The van der Waals surface area contributed by atoms with Gasteiger partial charge < -0.3 is 18.9 Å². The van der Waals surface area contributed by atoms with E-state index in [1.807, 2.05) is 0 Å². The first-order chi connectivity index (χ1) is 14.8. The zero-order valence-corrected chi connectivity index (χ0v) is 18.1. The first-order valence-electron chi connectivity index (χ1n) is 10.2. The largest absolute Gasteiger partial charge is 0.486 e. The second kappa shape index (κ2) is 8.72. The summed E-state index contributed by atoms with van der Waals surface area (Å²) in [5, 5.41) is 0. The van der Waals surface area contributed by atoms with Crippen LogP contribution in [0.25, 0.3) is 0 Å². The zero-order valence-electron chi connectivity index (χ0n) is 17.2. The predicted octanol–water partition coefficient (Wildman–Crippen LogP) is 0.987. The number of pyridine rings is 1. The number of carbonyl (C=O) groups excluding carboxylic acids is 1. The van der Waals surface area contributed by atoms with Crippen molar-refractivity contribution in [3.63, 3.8) is 0 Å². The number of likely N-dealkylation sites (tertiary alicyclic amines) is 1. The Morgan fingerprint density at radius 3 is 2.58 bits per heavy atom. The molecule has 31 heavy (non-hydrogen) atoms. The van der Waals surface area contributed by atoms with E-state index in [0.717, 1.165) is 0 Å². The van der Waals surface area contributed by atoms with Crippen LogP contribution in [-0.2, 0) is 17.1 Å². The van der Waals surface area contributed by atoms with Gasteiger partial charge in [0.05, 0.1) is 4.90 Å². The maximum atomic E-state index is 12.7. The molecule has 1 aromatic heterocycles. The predicted molar refractivity (Wildman–Crippen MR) is 113 cm³/mol. The van der Waals surface area contributed by atoms with Gasteiger partial charge in [0.25, 0.3) is 11.5 Å². The highest BCUT2D eigenvalue weighted by atomic mass is 32.2. The Bertz CT molecular complexity index is 1140. The Hall–Kier alpha value is -2.85. The van der Waals surface area contributed by atoms with Crippen molar-refractivity contribution in [3.05, 3.63) is 52.4 Å². The molecule has 9 nitrogen and oxygen atoms in total. The van der Waals surface area contributed by atoms with Gasteiger partial charge in [-0.2, -0.15) is 0 Å². The molecule has 0 aliphatic carbocycles. The van der Waals surface area contributed by atoms with Crippen LogP contribution in [0, 0.1) is 5.92 Å². The summed E-state index contributed by atoms with van der Waals surface area (Å²) in [5.41, 5.74) is -0.162. The van der Waals surface area contributed by atoms with Gasteiger partial charge in [0, 0.05) is 38.9 Å². The number of nitrogens with zero attached hydrogens (tertiary/aromatic N) is 2. The van der Waals surface area contributed by atoms with Crippen molar-refractivity contribution in [3.8, 4) is 11.5 Å². The van der Waals surface area contributed by atoms with Crippen molar-refractivity contribution in [2.45, 2.75) is 17.7 Å². The lowest BCUT2D eigenvalue weighted by Gasteiger charge is -2.32. The summed E-state index contributed by atoms with van der Waals surface area (Å²) in [6, 6.07) is 7.78. The molecule has 1 amide bonds. The van der Waals surface area contributed by atoms with Crippen LogP contribution >= 0.6 is 0 Å². The smallest absolute Gasteiger partial charge is 0.263 e. The Balaban J connectivity index is 1.33. The molecule has 0 spiro atoms. The fraction of sp³-hybridized carbons (Fsp3) is 0.429. The molecule has 0 unspecified atom stereocenters. The molecule has 0 radical (unpaired) electrons. The molecule has 0 atom stereocenters. The van der Waals surface area contributed by atoms with Gasteiger partial charge in [-0.1, -0.05) is 0 Å². The number of carbonyl (C=O) groups is 1. The third-order valence-corrected chi connectivity index (χ3v) is 7.06. The van der Waals surface area contributed by atoms with Crippen molar-refractivity contribution < 1.29 is 22.7 Å². The standard InChI is InChI=1S/C21H25N3O6S/c1-23-8-2-3-17(20(23)25)21(26)24-9-6-15(7-10-24)14-22-31(27,28)16-4-5-18-19(13-16)30-12-11-29-18/h2-5,8,13,15,22H,6-7,9-12,14H2,1H3. The summed E-state index contributed by atoms with van der Waals surface area (Å²) in [5.74, 6) is 0.787. The van der Waals surface area contributed by atoms with E-state index in [-0.39, 0.29) is 34.4 Å². The Morgan fingerprint density at radius 1 is 1.13 bits per heavy atom. The molecule has 2 aromatic rings. The van der Waals surface area contributed by atoms with Crippen LogP contribution < -0.4 is 19.8 Å². The fourth-order valence-corrected chi connectivity index (χ4v) is 4.90. The van der Waals surface area contributed by atoms with Crippen molar-refractivity contribution in [1.82, 2.24) is 14.2 Å². The maximum absolute atomic E-state index is 12.7. The molecule has 2 aliphatic heterocycles. The van der Waals surface area contributed by atoms with E-state index < -0.39 is 10.0 Å². The van der Waals surface area contributed by atoms with Gasteiger partial charge in [0.15, 0.2) is 11.5 Å². The molecular weight excluding hydrogens is 422 g/mol. The molecular formula is C21H25N3O6S. The van der Waals surface area contributed by atoms with Gasteiger partial charge in [-0.05, 0) is 43.0 Å². The lowest BCUT2D eigenvalue weighted by Crippen LogP contribution is -2.43. The minimum atomic E-state index is -3.69. The number of hydrogen-bond acceptors (Lipinski definition) is 6. The van der Waals surface area contributed by atoms with E-state index >= 15 is 0 Å². The van der Waals surface area contributed by atoms with E-state index in [2.05, 4.69) is 4.72 Å². The van der Waals surface area contributed by atoms with Crippen LogP contribution in [0.1, 0.15) is 23.2 Å². The van der Waals surface area contributed by atoms with Crippen molar-refractivity contribution in [2.24, 2.45) is 13.0 Å². The molecule has 10 heteroatoms. The van der Waals surface area contributed by atoms with Crippen molar-refractivity contribution >= 4 is 15.9 Å². The molecule has 1 saturated heterocycles. The normalized spacial score (nSPS) is 16.9. The first kappa shape index (κ1) is 21.4. The maximum Gasteiger partial charge on any atom is 0.263 e. The highest BCUT2D eigenvalue weighted by molar-refractivity contribution is 7.89. The first-order valence-corrected chi connectivity index (χ1v) is 11.7. The van der Waals surface area contributed by atoms with Crippen LogP contribution in [0.5, 0.6) is 11.5 Å². The SMILES string of the molecule is Cn1cccc(C(=O)N2CCC(CNS(=O)(=O)c3ccc4c(c3)OCCO4)CC2)c1=O. The molecule has 0 saturated carbocycles. The lowest BCUT2D eigenvalue weighted by molar-refractivity contribution is 0.0689. The van der Waals surface area contributed by atoms with Crippen LogP contribution in [0.2, 0.25) is 0 Å². The van der Waals surface area contributed by atoms with Gasteiger partial charge >= 0.3 is 0 Å². The van der Waals surface area contributed by atoms with Crippen molar-refractivity contribution in [2.75, 3.05) is 32.8 Å². The molecule has 2 aliphatic rings. The number of aromatic nitrogens is 1. The summed E-state index contributed by atoms with van der Waals surface area (Å²) < 4.78 is 40.3. The van der Waals surface area contributed by atoms with Gasteiger partial charge in [-0.25, -0.2) is 13.1 Å². The number of benzene rings is 1. The minimum absolute atomic E-state index is 0.106. The second-order valence-corrected chi connectivity index (χ2v) is 9.50. The van der Waals surface area contributed by atoms with Crippen molar-refractivity contribution in [1.29, 1.82) is 0 Å². The fourth-order valence-electron chi connectivity index (χ4n) is 3.77. The number of rotatable bonds is 5. The van der Waals surface area contributed by atoms with E-state index in [1.54, 1.807) is 30.3 Å². The van der Waals surface area contributed by atoms with Crippen LogP contribution in [0.15, 0.2) is 46.2 Å². The number of amides is 1. The summed E-state index contributed by atoms with van der Waals surface area (Å²) >= 11 is 0. The second-order valence-electron chi connectivity index (χ2n) is 7.73. The van der Waals surface area contributed by atoms with Crippen LogP contribution in [0.4, 0.5) is 0 Å². The Labute approximate surface area is 180 Å². The third kappa shape index (κ3) is 4.59. The molecule has 0 bridgehead atoms. The average molecular weight is 448 g/mol. The summed E-state index contributed by atoms with van der Waals surface area (Å²) in [6.07, 6.45) is 2.92. The van der Waals surface area contributed by atoms with E-state index in [4.69, 9.17) is 9.47 Å².